The van der Waals surface area contributed by atoms with Crippen LogP contribution in [0.1, 0.15) is 28.9 Å². The van der Waals surface area contributed by atoms with Crippen molar-refractivity contribution in [2.24, 2.45) is 5.73 Å². The number of thiazole rings is 1. The molecular weight excluding hydrogens is 478 g/mol. The number of amides is 3. The average molecular weight is 506 g/mol. The first-order valence-corrected chi connectivity index (χ1v) is 12.6. The Morgan fingerprint density at radius 2 is 1.91 bits per heavy atom. The van der Waals surface area contributed by atoms with E-state index in [0.717, 1.165) is 12.8 Å². The summed E-state index contributed by atoms with van der Waals surface area (Å²) in [4.78, 5) is 47.4. The van der Waals surface area contributed by atoms with Gasteiger partial charge in [0, 0.05) is 54.3 Å². The first kappa shape index (κ1) is 24.6. The molecule has 2 aromatic rings. The van der Waals surface area contributed by atoms with Crippen molar-refractivity contribution in [2.75, 3.05) is 45.9 Å². The normalized spacial score (nSPS) is 18.9. The second-order valence-electron chi connectivity index (χ2n) is 8.60. The van der Waals surface area contributed by atoms with E-state index in [9.17, 15) is 19.5 Å². The molecule has 0 radical (unpaired) electrons. The van der Waals surface area contributed by atoms with Crippen molar-refractivity contribution in [2.45, 2.75) is 25.3 Å². The summed E-state index contributed by atoms with van der Waals surface area (Å²) in [7, 11) is 0. The second-order valence-corrected chi connectivity index (χ2v) is 9.89. The van der Waals surface area contributed by atoms with Gasteiger partial charge in [0.2, 0.25) is 17.7 Å². The van der Waals surface area contributed by atoms with E-state index >= 15 is 0 Å². The van der Waals surface area contributed by atoms with Crippen LogP contribution in [0.4, 0.5) is 0 Å². The highest BCUT2D eigenvalue weighted by molar-refractivity contribution is 7.13. The number of likely N-dealkylation sites (tertiary alicyclic amines) is 1. The fraction of sp³-hybridized carbons (Fsp3) is 0.478. The van der Waals surface area contributed by atoms with Crippen LogP contribution in [0.3, 0.4) is 0 Å². The van der Waals surface area contributed by atoms with Crippen LogP contribution in [0.2, 0.25) is 5.02 Å². The molecule has 0 bridgehead atoms. The maximum absolute atomic E-state index is 12.8. The molecular formula is C23H28ClN5O4S. The molecule has 182 valence electrons. The molecule has 1 atom stereocenters. The number of hydrogen-bond donors (Lipinski definition) is 2. The van der Waals surface area contributed by atoms with Gasteiger partial charge in [0.05, 0.1) is 31.3 Å². The number of aliphatic hydroxyl groups is 1. The van der Waals surface area contributed by atoms with Gasteiger partial charge in [-0.3, -0.25) is 19.3 Å². The zero-order valence-corrected chi connectivity index (χ0v) is 20.4. The summed E-state index contributed by atoms with van der Waals surface area (Å²) in [5.41, 5.74) is 6.99. The third kappa shape index (κ3) is 5.57. The van der Waals surface area contributed by atoms with Crippen molar-refractivity contribution in [3.8, 4) is 10.6 Å². The molecule has 2 aliphatic rings. The molecule has 0 spiro atoms. The van der Waals surface area contributed by atoms with Crippen LogP contribution in [0.15, 0.2) is 23.6 Å². The quantitative estimate of drug-likeness (QED) is 0.584. The number of nitrogens with zero attached hydrogens (tertiary/aromatic N) is 4. The molecule has 3 heterocycles. The number of rotatable bonds is 7. The van der Waals surface area contributed by atoms with E-state index < -0.39 is 5.91 Å². The van der Waals surface area contributed by atoms with Gasteiger partial charge in [-0.25, -0.2) is 4.98 Å². The lowest BCUT2D eigenvalue weighted by molar-refractivity contribution is -0.135. The maximum Gasteiger partial charge on any atom is 0.249 e. The van der Waals surface area contributed by atoms with Crippen LogP contribution in [0.5, 0.6) is 0 Å². The largest absolute Gasteiger partial charge is 0.394 e. The molecule has 11 heteroatoms. The van der Waals surface area contributed by atoms with Gasteiger partial charge >= 0.3 is 0 Å². The third-order valence-corrected chi connectivity index (χ3v) is 7.51. The molecule has 2 aliphatic heterocycles. The van der Waals surface area contributed by atoms with Crippen molar-refractivity contribution in [1.29, 1.82) is 0 Å². The second kappa shape index (κ2) is 10.8. The smallest absolute Gasteiger partial charge is 0.249 e. The number of nitrogens with two attached hydrogens (primary N) is 1. The number of carbonyl (C=O) groups is 3. The number of piperazine rings is 1. The zero-order valence-electron chi connectivity index (χ0n) is 18.8. The molecule has 0 aliphatic carbocycles. The monoisotopic (exact) mass is 505 g/mol. The van der Waals surface area contributed by atoms with Gasteiger partial charge in [0.15, 0.2) is 0 Å². The molecule has 0 saturated carbocycles. The van der Waals surface area contributed by atoms with Crippen LogP contribution in [0.25, 0.3) is 10.6 Å². The highest BCUT2D eigenvalue weighted by atomic mass is 35.5. The van der Waals surface area contributed by atoms with Crippen LogP contribution in [-0.2, 0) is 16.0 Å². The van der Waals surface area contributed by atoms with E-state index in [1.54, 1.807) is 33.4 Å². The third-order valence-electron chi connectivity index (χ3n) is 6.35. The van der Waals surface area contributed by atoms with E-state index in [2.05, 4.69) is 9.88 Å². The molecule has 1 aromatic heterocycles. The molecule has 3 N–H and O–H groups in total. The fourth-order valence-corrected chi connectivity index (χ4v) is 5.50. The van der Waals surface area contributed by atoms with Crippen LogP contribution >= 0.6 is 22.9 Å². The Bertz CT molecular complexity index is 1070. The van der Waals surface area contributed by atoms with Gasteiger partial charge in [-0.1, -0.05) is 11.6 Å². The lowest BCUT2D eigenvalue weighted by Crippen LogP contribution is -2.52. The van der Waals surface area contributed by atoms with Crippen LogP contribution < -0.4 is 5.73 Å². The maximum atomic E-state index is 12.8. The number of aliphatic hydroxyl groups excluding tert-OH is 1. The summed E-state index contributed by atoms with van der Waals surface area (Å²) in [6, 6.07) is 4.76. The number of aromatic nitrogens is 1. The Labute approximate surface area is 207 Å². The first-order valence-electron chi connectivity index (χ1n) is 11.3. The first-order chi connectivity index (χ1) is 16.4. The highest BCUT2D eigenvalue weighted by Crippen LogP contribution is 2.30. The zero-order chi connectivity index (χ0) is 24.2. The summed E-state index contributed by atoms with van der Waals surface area (Å²) in [5.74, 6) is -0.543. The van der Waals surface area contributed by atoms with Crippen molar-refractivity contribution in [3.63, 3.8) is 0 Å². The molecule has 3 amide bonds. The fourth-order valence-electron chi connectivity index (χ4n) is 4.48. The van der Waals surface area contributed by atoms with E-state index in [0.29, 0.717) is 66.1 Å². The molecule has 9 nitrogen and oxygen atoms in total. The topological polar surface area (TPSA) is 120 Å². The molecule has 0 unspecified atom stereocenters. The number of carbonyl (C=O) groups excluding carboxylic acids is 3. The summed E-state index contributed by atoms with van der Waals surface area (Å²) < 4.78 is 0. The Morgan fingerprint density at radius 1 is 1.15 bits per heavy atom. The Kier molecular flexibility index (Phi) is 7.82. The van der Waals surface area contributed by atoms with Gasteiger partial charge in [-0.05, 0) is 31.0 Å². The summed E-state index contributed by atoms with van der Waals surface area (Å²) >= 11 is 7.42. The number of hydrogen-bond acceptors (Lipinski definition) is 7. The number of primary amides is 1. The number of halogens is 1. The lowest BCUT2D eigenvalue weighted by Gasteiger charge is -2.35. The minimum absolute atomic E-state index is 0.00745. The summed E-state index contributed by atoms with van der Waals surface area (Å²) in [6.45, 7) is 3.38. The average Bonchev–Trinajstić information content (AvgIpc) is 3.49. The molecule has 2 fully saturated rings. The van der Waals surface area contributed by atoms with Crippen molar-refractivity contribution in [1.82, 2.24) is 19.7 Å². The predicted molar refractivity (Wildman–Crippen MR) is 130 cm³/mol. The summed E-state index contributed by atoms with van der Waals surface area (Å²) in [5, 5.41) is 12.3. The molecule has 1 aromatic carbocycles. The SMILES string of the molecule is NC(=O)c1ccc(Cl)cc1-c1nc(CC(=O)N2CCN(CC(=O)N3CCC[C@@H]3CO)CC2)cs1. The van der Waals surface area contributed by atoms with Gasteiger partial charge in [0.25, 0.3) is 0 Å². The molecule has 4 rings (SSSR count). The predicted octanol–water partition coefficient (Wildman–Crippen LogP) is 1.23. The minimum atomic E-state index is -0.563. The van der Waals surface area contributed by atoms with Crippen molar-refractivity contribution < 1.29 is 19.5 Å². The summed E-state index contributed by atoms with van der Waals surface area (Å²) in [6.07, 6.45) is 1.94. The minimum Gasteiger partial charge on any atom is -0.394 e. The Morgan fingerprint density at radius 3 is 2.62 bits per heavy atom. The van der Waals surface area contributed by atoms with E-state index in [-0.39, 0.29) is 30.9 Å². The Balaban J connectivity index is 1.31. The standard InChI is InChI=1S/C23H28ClN5O4S/c24-15-3-4-18(22(25)33)19(10-15)23-26-16(14-34-23)11-20(31)28-8-6-27(7-9-28)12-21(32)29-5-1-2-17(29)13-30/h3-4,10,14,17,30H,1-2,5-9,11-13H2,(H2,25,33)/t17-/m1/s1. The highest BCUT2D eigenvalue weighted by Gasteiger charge is 2.30. The van der Waals surface area contributed by atoms with Gasteiger partial charge < -0.3 is 20.6 Å². The van der Waals surface area contributed by atoms with Gasteiger partial charge in [-0.2, -0.15) is 0 Å². The number of benzene rings is 1. The van der Waals surface area contributed by atoms with E-state index in [4.69, 9.17) is 17.3 Å². The van der Waals surface area contributed by atoms with E-state index in [1.807, 2.05) is 0 Å². The van der Waals surface area contributed by atoms with E-state index in [1.165, 1.54) is 11.3 Å². The van der Waals surface area contributed by atoms with Gasteiger partial charge in [0.1, 0.15) is 5.01 Å². The van der Waals surface area contributed by atoms with Crippen LogP contribution in [-0.4, -0.2) is 94.4 Å². The van der Waals surface area contributed by atoms with Crippen molar-refractivity contribution >= 4 is 40.7 Å². The Hall–Kier alpha value is -2.53. The lowest BCUT2D eigenvalue weighted by atomic mass is 10.1. The van der Waals surface area contributed by atoms with Gasteiger partial charge in [-0.15, -0.1) is 11.3 Å². The molecule has 2 saturated heterocycles. The van der Waals surface area contributed by atoms with Crippen LogP contribution in [0, 0.1) is 0 Å². The molecule has 34 heavy (non-hydrogen) atoms. The van der Waals surface area contributed by atoms with Crippen molar-refractivity contribution in [3.05, 3.63) is 39.9 Å².